The highest BCUT2D eigenvalue weighted by Crippen LogP contribution is 2.39. The van der Waals surface area contributed by atoms with Crippen LogP contribution in [0.5, 0.6) is 0 Å². The lowest BCUT2D eigenvalue weighted by molar-refractivity contribution is -0.673. The topological polar surface area (TPSA) is 61.1 Å². The van der Waals surface area contributed by atoms with Crippen molar-refractivity contribution in [3.8, 4) is 0 Å². The standard InChI is InChI=1S/C18H21NO3S3/c1-11(25(20,21)22)7-8-19-12(2)23-18-10-17-14(9-15(18)19)13-5-3-4-6-16(13)24-17/h9-11H,3-8H2,1-2H3. The van der Waals surface area contributed by atoms with Gasteiger partial charge in [0, 0.05) is 34.4 Å². The Morgan fingerprint density at radius 3 is 2.72 bits per heavy atom. The summed E-state index contributed by atoms with van der Waals surface area (Å²) in [5.74, 6) is 0. The number of hydrogen-bond acceptors (Lipinski definition) is 5. The number of aromatic nitrogens is 1. The molecule has 1 aromatic carbocycles. The molecule has 2 heterocycles. The minimum atomic E-state index is -4.22. The van der Waals surface area contributed by atoms with Crippen molar-refractivity contribution in [2.75, 3.05) is 0 Å². The number of rotatable bonds is 4. The highest BCUT2D eigenvalue weighted by molar-refractivity contribution is 7.86. The number of hydrogen-bond donors (Lipinski definition) is 0. The summed E-state index contributed by atoms with van der Waals surface area (Å²) in [7, 11) is -4.22. The Labute approximate surface area is 155 Å². The van der Waals surface area contributed by atoms with Gasteiger partial charge in [-0.25, -0.2) is 8.42 Å². The van der Waals surface area contributed by atoms with Gasteiger partial charge in [0.25, 0.3) is 0 Å². The second kappa shape index (κ2) is 6.30. The molecule has 0 saturated heterocycles. The Kier molecular flexibility index (Phi) is 4.38. The van der Waals surface area contributed by atoms with E-state index in [-0.39, 0.29) is 0 Å². The number of thiophene rings is 1. The smallest absolute Gasteiger partial charge is 0.235 e. The Hall–Kier alpha value is -1.02. The summed E-state index contributed by atoms with van der Waals surface area (Å²) in [5, 5.41) is 1.66. The Morgan fingerprint density at radius 1 is 1.20 bits per heavy atom. The molecule has 1 atom stereocenters. The van der Waals surface area contributed by atoms with Crippen LogP contribution < -0.4 is 4.57 Å². The van der Waals surface area contributed by atoms with E-state index < -0.39 is 15.4 Å². The maximum atomic E-state index is 11.2. The molecule has 2 aromatic heterocycles. The van der Waals surface area contributed by atoms with Gasteiger partial charge in [0.2, 0.25) is 10.5 Å². The average molecular weight is 396 g/mol. The molecule has 134 valence electrons. The van der Waals surface area contributed by atoms with Gasteiger partial charge in [0.1, 0.15) is 4.70 Å². The molecule has 0 N–H and O–H groups in total. The zero-order valence-electron chi connectivity index (χ0n) is 14.4. The Morgan fingerprint density at radius 2 is 1.96 bits per heavy atom. The third-order valence-electron chi connectivity index (χ3n) is 5.22. The molecular weight excluding hydrogens is 374 g/mol. The molecule has 3 aromatic rings. The molecule has 4 rings (SSSR count). The largest absolute Gasteiger partial charge is 0.748 e. The highest BCUT2D eigenvalue weighted by atomic mass is 32.2. The molecule has 4 nitrogen and oxygen atoms in total. The summed E-state index contributed by atoms with van der Waals surface area (Å²) < 4.78 is 38.3. The van der Waals surface area contributed by atoms with Gasteiger partial charge >= 0.3 is 0 Å². The van der Waals surface area contributed by atoms with Crippen molar-refractivity contribution in [1.29, 1.82) is 0 Å². The zero-order valence-corrected chi connectivity index (χ0v) is 16.8. The van der Waals surface area contributed by atoms with Crippen molar-refractivity contribution in [2.45, 2.75) is 57.7 Å². The summed E-state index contributed by atoms with van der Waals surface area (Å²) in [6.45, 7) is 4.12. The minimum Gasteiger partial charge on any atom is -0.748 e. The van der Waals surface area contributed by atoms with Gasteiger partial charge in [0.15, 0.2) is 6.54 Å². The van der Waals surface area contributed by atoms with Gasteiger partial charge < -0.3 is 4.55 Å². The lowest BCUT2D eigenvalue weighted by Gasteiger charge is -2.13. The third-order valence-corrected chi connectivity index (χ3v) is 8.76. The van der Waals surface area contributed by atoms with Crippen molar-refractivity contribution in [3.63, 3.8) is 0 Å². The molecule has 0 fully saturated rings. The van der Waals surface area contributed by atoms with E-state index >= 15 is 0 Å². The summed E-state index contributed by atoms with van der Waals surface area (Å²) in [6, 6.07) is 4.57. The molecule has 1 aliphatic rings. The predicted molar refractivity (Wildman–Crippen MR) is 103 cm³/mol. The average Bonchev–Trinajstić information content (AvgIpc) is 3.05. The number of nitrogens with zero attached hydrogens (tertiary/aromatic N) is 1. The van der Waals surface area contributed by atoms with Crippen molar-refractivity contribution in [2.24, 2.45) is 0 Å². The lowest BCUT2D eigenvalue weighted by Crippen LogP contribution is -2.37. The van der Waals surface area contributed by atoms with Crippen LogP contribution >= 0.6 is 22.7 Å². The van der Waals surface area contributed by atoms with E-state index in [0.717, 1.165) is 16.9 Å². The van der Waals surface area contributed by atoms with Gasteiger partial charge in [-0.2, -0.15) is 4.57 Å². The summed E-state index contributed by atoms with van der Waals surface area (Å²) in [5.41, 5.74) is 2.68. The molecule has 1 unspecified atom stereocenters. The van der Waals surface area contributed by atoms with Crippen LogP contribution in [0, 0.1) is 6.92 Å². The fraction of sp³-hybridized carbons (Fsp3) is 0.500. The van der Waals surface area contributed by atoms with Crippen molar-refractivity contribution in [3.05, 3.63) is 27.6 Å². The molecular formula is C18H21NO3S3. The second-order valence-corrected chi connectivity index (χ2v) is 11.1. The minimum absolute atomic E-state index is 0.350. The van der Waals surface area contributed by atoms with E-state index in [0.29, 0.717) is 13.0 Å². The first-order chi connectivity index (χ1) is 11.8. The first kappa shape index (κ1) is 17.4. The Bertz CT molecular complexity index is 1060. The van der Waals surface area contributed by atoms with Crippen LogP contribution in [0.4, 0.5) is 0 Å². The van der Waals surface area contributed by atoms with Gasteiger partial charge in [-0.3, -0.25) is 0 Å². The summed E-state index contributed by atoms with van der Waals surface area (Å²) >= 11 is 3.67. The first-order valence-corrected chi connectivity index (χ1v) is 11.8. The van der Waals surface area contributed by atoms with E-state index in [1.54, 1.807) is 11.3 Å². The van der Waals surface area contributed by atoms with Crippen LogP contribution in [0.3, 0.4) is 0 Å². The highest BCUT2D eigenvalue weighted by Gasteiger charge is 2.23. The van der Waals surface area contributed by atoms with Gasteiger partial charge in [-0.15, -0.1) is 11.3 Å². The molecule has 0 saturated carbocycles. The number of thiazole rings is 1. The molecule has 0 amide bonds. The quantitative estimate of drug-likeness (QED) is 0.497. The summed E-state index contributed by atoms with van der Waals surface area (Å²) in [4.78, 5) is 1.54. The van der Waals surface area contributed by atoms with E-state index in [1.165, 1.54) is 51.4 Å². The van der Waals surface area contributed by atoms with Crippen LogP contribution in [-0.4, -0.2) is 18.2 Å². The van der Waals surface area contributed by atoms with Crippen molar-refractivity contribution < 1.29 is 17.5 Å². The number of aryl methyl sites for hydroxylation is 4. The van der Waals surface area contributed by atoms with E-state index in [1.807, 2.05) is 11.3 Å². The van der Waals surface area contributed by atoms with Gasteiger partial charge in [0.05, 0.1) is 15.4 Å². The molecule has 0 aliphatic heterocycles. The molecule has 0 bridgehead atoms. The number of fused-ring (bicyclic) bond motifs is 4. The fourth-order valence-corrected chi connectivity index (χ4v) is 6.54. The third kappa shape index (κ3) is 3.12. The zero-order chi connectivity index (χ0) is 17.8. The van der Waals surface area contributed by atoms with E-state index in [2.05, 4.69) is 23.6 Å². The first-order valence-electron chi connectivity index (χ1n) is 8.66. The lowest BCUT2D eigenvalue weighted by atomic mass is 9.96. The molecule has 25 heavy (non-hydrogen) atoms. The molecule has 7 heteroatoms. The maximum absolute atomic E-state index is 11.2. The Balaban J connectivity index is 1.77. The fourth-order valence-electron chi connectivity index (χ4n) is 3.69. The molecule has 0 radical (unpaired) electrons. The monoisotopic (exact) mass is 395 g/mol. The summed E-state index contributed by atoms with van der Waals surface area (Å²) in [6.07, 6.45) is 5.26. The van der Waals surface area contributed by atoms with Crippen LogP contribution in [0.2, 0.25) is 0 Å². The molecule has 1 aliphatic carbocycles. The number of benzene rings is 1. The van der Waals surface area contributed by atoms with Crippen molar-refractivity contribution in [1.82, 2.24) is 0 Å². The van der Waals surface area contributed by atoms with Crippen molar-refractivity contribution >= 4 is 53.1 Å². The van der Waals surface area contributed by atoms with Crippen LogP contribution in [0.1, 0.15) is 41.6 Å². The van der Waals surface area contributed by atoms with Gasteiger partial charge in [-0.1, -0.05) is 11.3 Å². The normalized spacial score (nSPS) is 16.4. The van der Waals surface area contributed by atoms with E-state index in [4.69, 9.17) is 0 Å². The van der Waals surface area contributed by atoms with Crippen LogP contribution in [0.25, 0.3) is 20.3 Å². The predicted octanol–water partition coefficient (Wildman–Crippen LogP) is 3.91. The molecule has 0 spiro atoms. The SMILES string of the molecule is Cc1sc2cc3sc4c(c3cc2[n+]1CCC(C)S(=O)(=O)[O-])CCCC4. The maximum Gasteiger partial charge on any atom is 0.235 e. The van der Waals surface area contributed by atoms with Gasteiger partial charge in [-0.05, 0) is 44.2 Å². The van der Waals surface area contributed by atoms with Crippen LogP contribution in [0.15, 0.2) is 12.1 Å². The van der Waals surface area contributed by atoms with Crippen LogP contribution in [-0.2, 0) is 29.5 Å². The second-order valence-electron chi connectivity index (χ2n) is 6.89. The van der Waals surface area contributed by atoms with E-state index in [9.17, 15) is 13.0 Å².